The minimum Gasteiger partial charge on any atom is -0.453 e. The summed E-state index contributed by atoms with van der Waals surface area (Å²) in [5.74, 6) is 1.42. The normalized spacial score (nSPS) is 34.0. The first kappa shape index (κ1) is 18.3. The summed E-state index contributed by atoms with van der Waals surface area (Å²) < 4.78 is 4.68. The van der Waals surface area contributed by atoms with E-state index in [1.165, 1.54) is 24.7 Å². The van der Waals surface area contributed by atoms with Crippen molar-refractivity contribution in [1.82, 2.24) is 10.2 Å². The number of nitrogens with zero attached hydrogens (tertiary/aromatic N) is 1. The average molecular weight is 370 g/mol. The van der Waals surface area contributed by atoms with E-state index in [9.17, 15) is 9.59 Å². The molecule has 1 aromatic carbocycles. The maximum atomic E-state index is 12.9. The molecule has 3 fully saturated rings. The van der Waals surface area contributed by atoms with Gasteiger partial charge in [0, 0.05) is 30.0 Å². The van der Waals surface area contributed by atoms with Crippen molar-refractivity contribution in [3.05, 3.63) is 35.4 Å². The first-order valence-electron chi connectivity index (χ1n) is 10.0. The molecular formula is C22H30N2O3. The predicted molar refractivity (Wildman–Crippen MR) is 104 cm³/mol. The third kappa shape index (κ3) is 3.11. The van der Waals surface area contributed by atoms with Gasteiger partial charge in [0.05, 0.1) is 7.11 Å². The fraction of sp³-hybridized carbons (Fsp3) is 0.636. The molecule has 0 radical (unpaired) electrons. The Balaban J connectivity index is 1.36. The summed E-state index contributed by atoms with van der Waals surface area (Å²) in [5, 5.41) is 2.85. The molecule has 27 heavy (non-hydrogen) atoms. The Labute approximate surface area is 161 Å². The molecule has 2 amide bonds. The lowest BCUT2D eigenvalue weighted by Crippen LogP contribution is -2.58. The van der Waals surface area contributed by atoms with Crippen molar-refractivity contribution in [1.29, 1.82) is 0 Å². The van der Waals surface area contributed by atoms with E-state index in [4.69, 9.17) is 0 Å². The summed E-state index contributed by atoms with van der Waals surface area (Å²) in [4.78, 5) is 26.4. The van der Waals surface area contributed by atoms with Crippen LogP contribution in [0.25, 0.3) is 0 Å². The van der Waals surface area contributed by atoms with Gasteiger partial charge in [-0.25, -0.2) is 4.79 Å². The molecule has 5 nitrogen and oxygen atoms in total. The van der Waals surface area contributed by atoms with Crippen LogP contribution in [0.2, 0.25) is 0 Å². The molecule has 5 heteroatoms. The van der Waals surface area contributed by atoms with Crippen molar-refractivity contribution in [2.75, 3.05) is 20.2 Å². The fourth-order valence-electron chi connectivity index (χ4n) is 5.16. The molecule has 3 aliphatic rings. The maximum Gasteiger partial charge on any atom is 0.407 e. The van der Waals surface area contributed by atoms with Crippen LogP contribution in [0.1, 0.15) is 57.1 Å². The fourth-order valence-corrected chi connectivity index (χ4v) is 5.16. The van der Waals surface area contributed by atoms with Crippen LogP contribution in [-0.2, 0) is 14.9 Å². The van der Waals surface area contributed by atoms with Gasteiger partial charge in [0.25, 0.3) is 0 Å². The molecule has 2 aliphatic carbocycles. The molecule has 0 aromatic heterocycles. The molecule has 0 bridgehead atoms. The minimum atomic E-state index is -0.422. The molecule has 1 N–H and O–H groups in total. The molecular weight excluding hydrogens is 340 g/mol. The molecule has 1 aliphatic heterocycles. The van der Waals surface area contributed by atoms with Gasteiger partial charge in [-0.2, -0.15) is 0 Å². The van der Waals surface area contributed by atoms with Gasteiger partial charge in [0.1, 0.15) is 0 Å². The second-order valence-corrected chi connectivity index (χ2v) is 9.34. The number of carbonyl (C=O) groups excluding carboxylic acids is 2. The molecule has 146 valence electrons. The van der Waals surface area contributed by atoms with Gasteiger partial charge in [-0.1, -0.05) is 38.1 Å². The number of likely N-dealkylation sites (tertiary alicyclic amines) is 1. The second-order valence-electron chi connectivity index (χ2n) is 9.34. The van der Waals surface area contributed by atoms with Crippen LogP contribution in [-0.4, -0.2) is 42.6 Å². The highest BCUT2D eigenvalue weighted by molar-refractivity contribution is 5.82. The number of hydrogen-bond donors (Lipinski definition) is 1. The largest absolute Gasteiger partial charge is 0.453 e. The Morgan fingerprint density at radius 2 is 1.85 bits per heavy atom. The summed E-state index contributed by atoms with van der Waals surface area (Å²) in [6, 6.07) is 9.02. The number of methoxy groups -OCH3 is 1. The Kier molecular flexibility index (Phi) is 4.24. The summed E-state index contributed by atoms with van der Waals surface area (Å²) in [7, 11) is 1.36. The molecule has 2 saturated carbocycles. The summed E-state index contributed by atoms with van der Waals surface area (Å²) in [6.07, 6.45) is 2.16. The van der Waals surface area contributed by atoms with Gasteiger partial charge >= 0.3 is 6.09 Å². The van der Waals surface area contributed by atoms with Crippen molar-refractivity contribution in [3.63, 3.8) is 0 Å². The molecule has 1 saturated heterocycles. The molecule has 1 aromatic rings. The van der Waals surface area contributed by atoms with Crippen LogP contribution in [0.4, 0.5) is 4.79 Å². The Bertz CT molecular complexity index is 751. The molecule has 0 unspecified atom stereocenters. The number of amides is 2. The van der Waals surface area contributed by atoms with E-state index in [2.05, 4.69) is 53.1 Å². The zero-order valence-corrected chi connectivity index (χ0v) is 16.7. The van der Waals surface area contributed by atoms with E-state index in [0.717, 1.165) is 13.1 Å². The number of ether oxygens (including phenoxy) is 1. The monoisotopic (exact) mass is 370 g/mol. The maximum absolute atomic E-state index is 12.9. The van der Waals surface area contributed by atoms with Gasteiger partial charge in [-0.15, -0.1) is 0 Å². The highest BCUT2D eigenvalue weighted by atomic mass is 16.5. The van der Waals surface area contributed by atoms with Gasteiger partial charge in [0.15, 0.2) is 0 Å². The quantitative estimate of drug-likeness (QED) is 0.883. The lowest BCUT2D eigenvalue weighted by Gasteiger charge is -2.45. The van der Waals surface area contributed by atoms with E-state index in [0.29, 0.717) is 24.7 Å². The first-order valence-corrected chi connectivity index (χ1v) is 10.0. The number of rotatable bonds is 4. The topological polar surface area (TPSA) is 58.6 Å². The van der Waals surface area contributed by atoms with Crippen LogP contribution in [0, 0.1) is 11.8 Å². The van der Waals surface area contributed by atoms with Crippen LogP contribution < -0.4 is 5.32 Å². The van der Waals surface area contributed by atoms with E-state index >= 15 is 0 Å². The number of hydrogen-bond acceptors (Lipinski definition) is 3. The van der Waals surface area contributed by atoms with Gasteiger partial charge in [-0.05, 0) is 49.1 Å². The first-order chi connectivity index (χ1) is 12.8. The smallest absolute Gasteiger partial charge is 0.407 e. The van der Waals surface area contributed by atoms with Crippen LogP contribution in [0.15, 0.2) is 24.3 Å². The van der Waals surface area contributed by atoms with Crippen LogP contribution in [0.3, 0.4) is 0 Å². The third-order valence-electron chi connectivity index (χ3n) is 6.94. The lowest BCUT2D eigenvalue weighted by molar-refractivity contribution is -0.140. The lowest BCUT2D eigenvalue weighted by atomic mass is 9.69. The molecule has 4 rings (SSSR count). The average Bonchev–Trinajstić information content (AvgIpc) is 3.20. The van der Waals surface area contributed by atoms with E-state index in [1.54, 1.807) is 0 Å². The SMILES string of the molecule is COC(=O)NC1(C)CC(C(=O)N2C[C@@H]3C[C@]3(c3ccc(C(C)C)cc3)C2)C1. The van der Waals surface area contributed by atoms with Crippen molar-refractivity contribution in [3.8, 4) is 0 Å². The number of nitrogens with one attached hydrogen (secondary N) is 1. The van der Waals surface area contributed by atoms with Crippen molar-refractivity contribution in [2.24, 2.45) is 11.8 Å². The highest BCUT2D eigenvalue weighted by Crippen LogP contribution is 2.59. The van der Waals surface area contributed by atoms with Gasteiger partial charge in [-0.3, -0.25) is 4.79 Å². The predicted octanol–water partition coefficient (Wildman–Crippen LogP) is 3.43. The van der Waals surface area contributed by atoms with Crippen LogP contribution >= 0.6 is 0 Å². The number of carbonyl (C=O) groups is 2. The van der Waals surface area contributed by atoms with Crippen molar-refractivity contribution in [2.45, 2.75) is 56.9 Å². The van der Waals surface area contributed by atoms with E-state index < -0.39 is 6.09 Å². The Morgan fingerprint density at radius 3 is 2.44 bits per heavy atom. The summed E-state index contributed by atoms with van der Waals surface area (Å²) in [6.45, 7) is 8.12. The van der Waals surface area contributed by atoms with Gasteiger partial charge in [0.2, 0.25) is 5.91 Å². The number of fused-ring (bicyclic) bond motifs is 1. The van der Waals surface area contributed by atoms with E-state index in [-0.39, 0.29) is 22.8 Å². The molecule has 1 heterocycles. The molecule has 2 atom stereocenters. The number of benzene rings is 1. The van der Waals surface area contributed by atoms with Crippen molar-refractivity contribution >= 4 is 12.0 Å². The minimum absolute atomic E-state index is 0.0185. The highest BCUT2D eigenvalue weighted by Gasteiger charge is 2.62. The molecule has 0 spiro atoms. The zero-order chi connectivity index (χ0) is 19.4. The van der Waals surface area contributed by atoms with Crippen LogP contribution in [0.5, 0.6) is 0 Å². The summed E-state index contributed by atoms with van der Waals surface area (Å²) in [5.41, 5.74) is 2.62. The Morgan fingerprint density at radius 1 is 1.19 bits per heavy atom. The number of piperidine rings is 1. The zero-order valence-electron chi connectivity index (χ0n) is 16.7. The van der Waals surface area contributed by atoms with Crippen molar-refractivity contribution < 1.29 is 14.3 Å². The standard InChI is InChI=1S/C22H30N2O3/c1-14(2)15-5-7-17(8-6-15)22-11-18(22)12-24(13-22)19(25)16-9-21(3,10-16)23-20(26)27-4/h5-8,14,16,18H,9-13H2,1-4H3,(H,23,26)/t16?,18-,21?,22+/m0/s1. The third-order valence-corrected chi connectivity index (χ3v) is 6.94. The second kappa shape index (κ2) is 6.25. The number of alkyl carbamates (subject to hydrolysis) is 1. The van der Waals surface area contributed by atoms with Gasteiger partial charge < -0.3 is 15.0 Å². The Hall–Kier alpha value is -2.04. The van der Waals surface area contributed by atoms with E-state index in [1.807, 2.05) is 6.92 Å². The summed E-state index contributed by atoms with van der Waals surface area (Å²) >= 11 is 0.